The van der Waals surface area contributed by atoms with Crippen molar-refractivity contribution < 1.29 is 29.1 Å². The van der Waals surface area contributed by atoms with Crippen molar-refractivity contribution in [3.63, 3.8) is 0 Å². The predicted molar refractivity (Wildman–Crippen MR) is 145 cm³/mol. The van der Waals surface area contributed by atoms with Crippen LogP contribution in [0.1, 0.15) is 32.3 Å². The van der Waals surface area contributed by atoms with E-state index in [1.807, 2.05) is 30.5 Å². The summed E-state index contributed by atoms with van der Waals surface area (Å²) in [6.45, 7) is 3.29. The fourth-order valence-electron chi connectivity index (χ4n) is 3.83. The Balaban J connectivity index is 2.31. The summed E-state index contributed by atoms with van der Waals surface area (Å²) in [6, 6.07) is 2.67. The van der Waals surface area contributed by atoms with E-state index in [1.54, 1.807) is 20.0 Å². The second-order valence-electron chi connectivity index (χ2n) is 9.31. The zero-order valence-corrected chi connectivity index (χ0v) is 22.5. The number of hydrogen-bond donors (Lipinski definition) is 7. The van der Waals surface area contributed by atoms with Gasteiger partial charge >= 0.3 is 5.97 Å². The first-order valence-electron chi connectivity index (χ1n) is 12.2. The van der Waals surface area contributed by atoms with Gasteiger partial charge in [0.15, 0.2) is 0 Å². The number of H-pyrrole nitrogens is 1. The van der Waals surface area contributed by atoms with E-state index in [-0.39, 0.29) is 6.42 Å². The van der Waals surface area contributed by atoms with E-state index in [0.29, 0.717) is 17.7 Å². The van der Waals surface area contributed by atoms with Gasteiger partial charge in [-0.15, -0.1) is 0 Å². The number of benzene rings is 1. The number of aromatic nitrogens is 1. The molecule has 4 atom stereocenters. The molecule has 1 aromatic heterocycles. The van der Waals surface area contributed by atoms with E-state index in [9.17, 15) is 29.1 Å². The summed E-state index contributed by atoms with van der Waals surface area (Å²) in [5, 5.41) is 17.9. The zero-order valence-electron chi connectivity index (χ0n) is 21.7. The molecule has 1 heterocycles. The van der Waals surface area contributed by atoms with Crippen LogP contribution in [-0.2, 0) is 30.4 Å². The smallest absolute Gasteiger partial charge is 0.326 e. The maximum atomic E-state index is 13.3. The minimum absolute atomic E-state index is 0.0104. The lowest BCUT2D eigenvalue weighted by Gasteiger charge is -2.25. The van der Waals surface area contributed by atoms with Crippen LogP contribution in [0.5, 0.6) is 0 Å². The molecule has 208 valence electrons. The van der Waals surface area contributed by atoms with Gasteiger partial charge in [-0.25, -0.2) is 4.79 Å². The summed E-state index contributed by atoms with van der Waals surface area (Å²) in [7, 11) is 0. The molecule has 2 rings (SSSR count). The molecular formula is C25H36N6O6S. The van der Waals surface area contributed by atoms with Gasteiger partial charge in [0.25, 0.3) is 0 Å². The standard InChI is InChI=1S/C25H36N6O6S/c1-13(2)21(25(36)37)31-24(35)18(10-14-12-28-17-7-5-4-6-15(14)17)30-23(34)19(11-20(27)32)29-22(33)16(26)8-9-38-3/h4-7,12-13,16,18-19,21,28H,8-11,26H2,1-3H3,(H2,27,32)(H,29,33)(H,30,34)(H,31,35)(H,36,37). The molecule has 4 amide bonds. The molecule has 1 aromatic carbocycles. The number of aliphatic carboxylic acids is 1. The van der Waals surface area contributed by atoms with Crippen molar-refractivity contribution in [2.75, 3.05) is 12.0 Å². The van der Waals surface area contributed by atoms with Crippen molar-refractivity contribution in [1.29, 1.82) is 0 Å². The fourth-order valence-corrected chi connectivity index (χ4v) is 4.32. The Morgan fingerprint density at radius 1 is 1.00 bits per heavy atom. The monoisotopic (exact) mass is 548 g/mol. The first-order chi connectivity index (χ1) is 17.9. The molecule has 0 fully saturated rings. The largest absolute Gasteiger partial charge is 0.480 e. The molecule has 0 saturated heterocycles. The van der Waals surface area contributed by atoms with Gasteiger partial charge in [0.05, 0.1) is 12.5 Å². The number of aromatic amines is 1. The third-order valence-electron chi connectivity index (χ3n) is 5.97. The van der Waals surface area contributed by atoms with Gasteiger partial charge in [-0.1, -0.05) is 32.0 Å². The second kappa shape index (κ2) is 14.4. The predicted octanol–water partition coefficient (Wildman–Crippen LogP) is -0.139. The maximum absolute atomic E-state index is 13.3. The molecule has 9 N–H and O–H groups in total. The molecule has 0 radical (unpaired) electrons. The van der Waals surface area contributed by atoms with Gasteiger partial charge in [-0.05, 0) is 36.0 Å². The van der Waals surface area contributed by atoms with Crippen molar-refractivity contribution in [1.82, 2.24) is 20.9 Å². The first kappa shape index (κ1) is 30.6. The Hall–Kier alpha value is -3.58. The molecule has 12 nitrogen and oxygen atoms in total. The summed E-state index contributed by atoms with van der Waals surface area (Å²) in [5.41, 5.74) is 12.7. The van der Waals surface area contributed by atoms with E-state index in [2.05, 4.69) is 20.9 Å². The number of rotatable bonds is 15. The van der Waals surface area contributed by atoms with Crippen LogP contribution in [0.15, 0.2) is 30.5 Å². The molecule has 2 aromatic rings. The minimum Gasteiger partial charge on any atom is -0.480 e. The number of thioether (sulfide) groups is 1. The Labute approximate surface area is 225 Å². The second-order valence-corrected chi connectivity index (χ2v) is 10.3. The molecule has 0 aliphatic rings. The van der Waals surface area contributed by atoms with Crippen molar-refractivity contribution in [3.8, 4) is 0 Å². The lowest BCUT2D eigenvalue weighted by atomic mass is 10.0. The summed E-state index contributed by atoms with van der Waals surface area (Å²) < 4.78 is 0. The Bertz CT molecular complexity index is 1150. The molecule has 0 saturated carbocycles. The molecule has 38 heavy (non-hydrogen) atoms. The van der Waals surface area contributed by atoms with E-state index < -0.39 is 66.1 Å². The van der Waals surface area contributed by atoms with E-state index >= 15 is 0 Å². The summed E-state index contributed by atoms with van der Waals surface area (Å²) in [5.74, 6) is -4.06. The Kier molecular flexibility index (Phi) is 11.6. The fraction of sp³-hybridized carbons (Fsp3) is 0.480. The average Bonchev–Trinajstić information content (AvgIpc) is 3.26. The number of nitrogens with two attached hydrogens (primary N) is 2. The lowest BCUT2D eigenvalue weighted by molar-refractivity contribution is -0.143. The van der Waals surface area contributed by atoms with Crippen LogP contribution in [0, 0.1) is 5.92 Å². The summed E-state index contributed by atoms with van der Waals surface area (Å²) in [6.07, 6.45) is 3.41. The number of para-hydroxylation sites is 1. The third kappa shape index (κ3) is 8.77. The SMILES string of the molecule is CSCCC(N)C(=O)NC(CC(N)=O)C(=O)NC(Cc1c[nH]c2ccccc12)C(=O)NC(C(=O)O)C(C)C. The lowest BCUT2D eigenvalue weighted by Crippen LogP contribution is -2.58. The van der Waals surface area contributed by atoms with Crippen LogP contribution < -0.4 is 27.4 Å². The van der Waals surface area contributed by atoms with Crippen molar-refractivity contribution in [2.45, 2.75) is 57.3 Å². The maximum Gasteiger partial charge on any atom is 0.326 e. The highest BCUT2D eigenvalue weighted by molar-refractivity contribution is 7.98. The number of amides is 4. The van der Waals surface area contributed by atoms with Crippen LogP contribution in [-0.4, -0.2) is 75.9 Å². The van der Waals surface area contributed by atoms with Crippen LogP contribution in [0.3, 0.4) is 0 Å². The number of carbonyl (C=O) groups is 5. The number of carboxylic acids is 1. The number of carboxylic acid groups (broad SMARTS) is 1. The van der Waals surface area contributed by atoms with Gasteiger partial charge in [0, 0.05) is 23.5 Å². The normalized spacial score (nSPS) is 14.3. The Morgan fingerprint density at radius 2 is 1.63 bits per heavy atom. The quantitative estimate of drug-likeness (QED) is 0.159. The van der Waals surface area contributed by atoms with E-state index in [1.165, 1.54) is 11.8 Å². The molecule has 4 unspecified atom stereocenters. The van der Waals surface area contributed by atoms with Gasteiger partial charge in [-0.3, -0.25) is 19.2 Å². The Morgan fingerprint density at radius 3 is 2.24 bits per heavy atom. The minimum atomic E-state index is -1.38. The number of hydrogen-bond acceptors (Lipinski definition) is 7. The molecule has 0 aliphatic carbocycles. The topological polar surface area (TPSA) is 209 Å². The average molecular weight is 549 g/mol. The van der Waals surface area contributed by atoms with Crippen molar-refractivity contribution in [3.05, 3.63) is 36.0 Å². The van der Waals surface area contributed by atoms with E-state index in [4.69, 9.17) is 11.5 Å². The summed E-state index contributed by atoms with van der Waals surface area (Å²) in [4.78, 5) is 65.5. The highest BCUT2D eigenvalue weighted by atomic mass is 32.2. The van der Waals surface area contributed by atoms with Gasteiger partial charge < -0.3 is 37.5 Å². The molecule has 13 heteroatoms. The van der Waals surface area contributed by atoms with Crippen LogP contribution in [0.2, 0.25) is 0 Å². The molecule has 0 bridgehead atoms. The van der Waals surface area contributed by atoms with Gasteiger partial charge in [0.2, 0.25) is 23.6 Å². The molecular weight excluding hydrogens is 512 g/mol. The highest BCUT2D eigenvalue weighted by Crippen LogP contribution is 2.19. The van der Waals surface area contributed by atoms with Crippen molar-refractivity contribution >= 4 is 52.3 Å². The molecule has 0 aliphatic heterocycles. The van der Waals surface area contributed by atoms with E-state index in [0.717, 1.165) is 10.9 Å². The third-order valence-corrected chi connectivity index (χ3v) is 6.61. The first-order valence-corrected chi connectivity index (χ1v) is 13.6. The molecule has 0 spiro atoms. The number of nitrogens with one attached hydrogen (secondary N) is 4. The number of carbonyl (C=O) groups excluding carboxylic acids is 4. The zero-order chi connectivity index (χ0) is 28.4. The highest BCUT2D eigenvalue weighted by Gasteiger charge is 2.32. The van der Waals surface area contributed by atoms with Crippen LogP contribution in [0.4, 0.5) is 0 Å². The van der Waals surface area contributed by atoms with Crippen molar-refractivity contribution in [2.24, 2.45) is 17.4 Å². The van der Waals surface area contributed by atoms with Gasteiger partial charge in [0.1, 0.15) is 18.1 Å². The number of fused-ring (bicyclic) bond motifs is 1. The summed E-state index contributed by atoms with van der Waals surface area (Å²) >= 11 is 1.50. The van der Waals surface area contributed by atoms with Crippen LogP contribution in [0.25, 0.3) is 10.9 Å². The van der Waals surface area contributed by atoms with Gasteiger partial charge in [-0.2, -0.15) is 11.8 Å². The number of primary amides is 1. The van der Waals surface area contributed by atoms with Crippen LogP contribution >= 0.6 is 11.8 Å².